The number of hydrogen-bond acceptors (Lipinski definition) is 2. The molecule has 1 saturated carbocycles. The highest BCUT2D eigenvalue weighted by molar-refractivity contribution is 5.94. The minimum absolute atomic E-state index is 0.0617. The summed E-state index contributed by atoms with van der Waals surface area (Å²) in [7, 11) is 0. The van der Waals surface area contributed by atoms with Crippen LogP contribution in [0.4, 0.5) is 0 Å². The zero-order valence-electron chi connectivity index (χ0n) is 18.0. The lowest BCUT2D eigenvalue weighted by Gasteiger charge is -2.19. The van der Waals surface area contributed by atoms with Crippen molar-refractivity contribution in [2.45, 2.75) is 109 Å². The van der Waals surface area contributed by atoms with Gasteiger partial charge in [-0.3, -0.25) is 4.79 Å². The second-order valence-corrected chi connectivity index (χ2v) is 8.36. The van der Waals surface area contributed by atoms with E-state index in [-0.39, 0.29) is 5.91 Å². The molecule has 0 radical (unpaired) electrons. The van der Waals surface area contributed by atoms with Crippen LogP contribution in [-0.4, -0.2) is 18.6 Å². The second kappa shape index (κ2) is 14.5. The van der Waals surface area contributed by atoms with E-state index in [1.54, 1.807) is 0 Å². The Morgan fingerprint density at radius 3 is 2.00 bits per heavy atom. The topological polar surface area (TPSA) is 38.3 Å². The predicted octanol–water partition coefficient (Wildman–Crippen LogP) is 7.05. The van der Waals surface area contributed by atoms with E-state index >= 15 is 0 Å². The Labute approximate surface area is 172 Å². The maximum absolute atomic E-state index is 12.7. The Morgan fingerprint density at radius 1 is 0.857 bits per heavy atom. The Balaban J connectivity index is 1.77. The summed E-state index contributed by atoms with van der Waals surface area (Å²) >= 11 is 0. The molecular weight excluding hydrogens is 346 g/mol. The molecule has 1 aromatic rings. The van der Waals surface area contributed by atoms with Crippen molar-refractivity contribution in [3.8, 4) is 5.75 Å². The summed E-state index contributed by atoms with van der Waals surface area (Å²) in [6.07, 6.45) is 19.0. The van der Waals surface area contributed by atoms with Crippen LogP contribution in [0.2, 0.25) is 0 Å². The molecule has 3 heteroatoms. The van der Waals surface area contributed by atoms with Gasteiger partial charge in [0, 0.05) is 11.6 Å². The van der Waals surface area contributed by atoms with Crippen LogP contribution in [-0.2, 0) is 0 Å². The molecule has 1 fully saturated rings. The molecule has 0 unspecified atom stereocenters. The van der Waals surface area contributed by atoms with E-state index in [2.05, 4.69) is 12.2 Å². The molecule has 0 aliphatic heterocycles. The summed E-state index contributed by atoms with van der Waals surface area (Å²) in [6.45, 7) is 2.97. The predicted molar refractivity (Wildman–Crippen MR) is 118 cm³/mol. The summed E-state index contributed by atoms with van der Waals surface area (Å²) in [5.41, 5.74) is 0.740. The molecule has 1 aliphatic rings. The summed E-state index contributed by atoms with van der Waals surface area (Å²) in [4.78, 5) is 12.7. The first-order valence-corrected chi connectivity index (χ1v) is 11.8. The average Bonchev–Trinajstić information content (AvgIpc) is 2.70. The quantitative estimate of drug-likeness (QED) is 0.485. The molecule has 3 nitrogen and oxygen atoms in total. The smallest absolute Gasteiger partial charge is 0.251 e. The lowest BCUT2D eigenvalue weighted by atomic mass is 9.97. The van der Waals surface area contributed by atoms with Crippen LogP contribution in [0.1, 0.15) is 114 Å². The van der Waals surface area contributed by atoms with Gasteiger partial charge in [0.1, 0.15) is 5.75 Å². The monoisotopic (exact) mass is 387 g/mol. The van der Waals surface area contributed by atoms with Crippen LogP contribution in [0.25, 0.3) is 0 Å². The van der Waals surface area contributed by atoms with E-state index < -0.39 is 0 Å². The normalized spacial score (nSPS) is 17.3. The molecule has 1 aromatic carbocycles. The maximum Gasteiger partial charge on any atom is 0.251 e. The van der Waals surface area contributed by atoms with Gasteiger partial charge in [-0.2, -0.15) is 0 Å². The minimum atomic E-state index is 0.0617. The van der Waals surface area contributed by atoms with Crippen LogP contribution in [0, 0.1) is 0 Å². The van der Waals surface area contributed by atoms with Gasteiger partial charge < -0.3 is 10.1 Å². The molecule has 1 N–H and O–H groups in total. The molecule has 28 heavy (non-hydrogen) atoms. The van der Waals surface area contributed by atoms with Crippen LogP contribution in [0.3, 0.4) is 0 Å². The number of rotatable bonds is 8. The van der Waals surface area contributed by atoms with Gasteiger partial charge in [-0.25, -0.2) is 0 Å². The number of nitrogens with one attached hydrogen (secondary N) is 1. The van der Waals surface area contributed by atoms with Crippen molar-refractivity contribution in [1.82, 2.24) is 5.32 Å². The third-order valence-electron chi connectivity index (χ3n) is 5.82. The first-order valence-electron chi connectivity index (χ1n) is 11.8. The zero-order chi connectivity index (χ0) is 19.9. The highest BCUT2D eigenvalue weighted by Crippen LogP contribution is 2.18. The third kappa shape index (κ3) is 9.61. The lowest BCUT2D eigenvalue weighted by molar-refractivity contribution is 0.0931. The molecule has 0 bridgehead atoms. The van der Waals surface area contributed by atoms with Gasteiger partial charge in [-0.05, 0) is 43.5 Å². The standard InChI is InChI=1S/C25H41NO2/c1-2-3-4-14-21-28-24-19-17-22(18-20-24)25(27)26-23-15-12-10-8-6-5-7-9-11-13-16-23/h17-20,23H,2-16,21H2,1H3,(H,26,27). The number of ether oxygens (including phenoxy) is 1. The molecule has 0 atom stereocenters. The largest absolute Gasteiger partial charge is 0.494 e. The summed E-state index contributed by atoms with van der Waals surface area (Å²) in [5.74, 6) is 0.922. The summed E-state index contributed by atoms with van der Waals surface area (Å²) in [5, 5.41) is 3.29. The fourth-order valence-corrected chi connectivity index (χ4v) is 4.00. The fraction of sp³-hybridized carbons (Fsp3) is 0.720. The Bertz CT molecular complexity index is 514. The molecule has 0 saturated heterocycles. The van der Waals surface area contributed by atoms with E-state index in [0.717, 1.165) is 37.2 Å². The molecule has 0 aromatic heterocycles. The van der Waals surface area contributed by atoms with Crippen molar-refractivity contribution >= 4 is 5.91 Å². The molecular formula is C25H41NO2. The van der Waals surface area contributed by atoms with Crippen LogP contribution in [0.15, 0.2) is 24.3 Å². The van der Waals surface area contributed by atoms with Crippen molar-refractivity contribution < 1.29 is 9.53 Å². The average molecular weight is 388 g/mol. The number of carbonyl (C=O) groups excluding carboxylic acids is 1. The zero-order valence-corrected chi connectivity index (χ0v) is 18.0. The van der Waals surface area contributed by atoms with E-state index in [9.17, 15) is 4.79 Å². The van der Waals surface area contributed by atoms with Gasteiger partial charge in [-0.1, -0.05) is 84.0 Å². The molecule has 1 amide bonds. The fourth-order valence-electron chi connectivity index (χ4n) is 4.00. The molecule has 0 spiro atoms. The van der Waals surface area contributed by atoms with Gasteiger partial charge in [-0.15, -0.1) is 0 Å². The summed E-state index contributed by atoms with van der Waals surface area (Å²) in [6, 6.07) is 7.96. The van der Waals surface area contributed by atoms with Crippen molar-refractivity contribution in [2.75, 3.05) is 6.61 Å². The number of carbonyl (C=O) groups is 1. The van der Waals surface area contributed by atoms with Crippen LogP contribution < -0.4 is 10.1 Å². The van der Waals surface area contributed by atoms with Gasteiger partial charge in [0.2, 0.25) is 0 Å². The van der Waals surface area contributed by atoms with E-state index in [4.69, 9.17) is 4.74 Å². The first-order chi connectivity index (χ1) is 13.8. The van der Waals surface area contributed by atoms with Crippen LogP contribution in [0.5, 0.6) is 5.75 Å². The van der Waals surface area contributed by atoms with Gasteiger partial charge in [0.15, 0.2) is 0 Å². The van der Waals surface area contributed by atoms with Crippen molar-refractivity contribution in [1.29, 1.82) is 0 Å². The molecule has 158 valence electrons. The number of amides is 1. The second-order valence-electron chi connectivity index (χ2n) is 8.36. The number of benzene rings is 1. The lowest BCUT2D eigenvalue weighted by Crippen LogP contribution is -2.34. The Morgan fingerprint density at radius 2 is 1.43 bits per heavy atom. The van der Waals surface area contributed by atoms with E-state index in [0.29, 0.717) is 6.04 Å². The highest BCUT2D eigenvalue weighted by Gasteiger charge is 2.14. The Kier molecular flexibility index (Phi) is 11.8. The maximum atomic E-state index is 12.7. The molecule has 0 heterocycles. The number of hydrogen-bond donors (Lipinski definition) is 1. The Hall–Kier alpha value is -1.51. The van der Waals surface area contributed by atoms with Crippen molar-refractivity contribution in [3.63, 3.8) is 0 Å². The number of unbranched alkanes of at least 4 members (excludes halogenated alkanes) is 3. The molecule has 1 aliphatic carbocycles. The molecule has 2 rings (SSSR count). The van der Waals surface area contributed by atoms with Crippen LogP contribution >= 0.6 is 0 Å². The van der Waals surface area contributed by atoms with Crippen molar-refractivity contribution in [2.24, 2.45) is 0 Å². The first kappa shape index (κ1) is 22.8. The van der Waals surface area contributed by atoms with E-state index in [1.807, 2.05) is 24.3 Å². The SMILES string of the molecule is CCCCCCOc1ccc(C(=O)NC2CCCCCCCCCCC2)cc1. The van der Waals surface area contributed by atoms with E-state index in [1.165, 1.54) is 77.0 Å². The summed E-state index contributed by atoms with van der Waals surface area (Å²) < 4.78 is 5.78. The van der Waals surface area contributed by atoms with Gasteiger partial charge in [0.25, 0.3) is 5.91 Å². The third-order valence-corrected chi connectivity index (χ3v) is 5.82. The highest BCUT2D eigenvalue weighted by atomic mass is 16.5. The van der Waals surface area contributed by atoms with Gasteiger partial charge >= 0.3 is 0 Å². The van der Waals surface area contributed by atoms with Gasteiger partial charge in [0.05, 0.1) is 6.61 Å². The van der Waals surface area contributed by atoms with Crippen molar-refractivity contribution in [3.05, 3.63) is 29.8 Å². The minimum Gasteiger partial charge on any atom is -0.494 e.